The minimum atomic E-state index is -4.71. The molecule has 0 radical (unpaired) electrons. The maximum absolute atomic E-state index is 12.5. The molecule has 2 aromatic rings. The van der Waals surface area contributed by atoms with E-state index in [1.807, 2.05) is 0 Å². The zero-order valence-electron chi connectivity index (χ0n) is 11.8. The lowest BCUT2D eigenvalue weighted by atomic mass is 10.2. The Morgan fingerprint density at radius 1 is 1.33 bits per heavy atom. The number of nitrogen functional groups attached to an aromatic ring is 1. The minimum Gasteiger partial charge on any atom is -0.351 e. The first kappa shape index (κ1) is 18.7. The van der Waals surface area contributed by atoms with Crippen LogP contribution in [0.4, 0.5) is 13.2 Å². The number of rotatable bonds is 5. The van der Waals surface area contributed by atoms with Gasteiger partial charge in [-0.3, -0.25) is 4.79 Å². The molecule has 0 fully saturated rings. The topological polar surface area (TPSA) is 85.8 Å². The van der Waals surface area contributed by atoms with Crippen LogP contribution in [0, 0.1) is 0 Å². The van der Waals surface area contributed by atoms with Crippen molar-refractivity contribution < 1.29 is 18.0 Å². The Bertz CT molecular complexity index is 753. The fourth-order valence-electron chi connectivity index (χ4n) is 1.61. The van der Waals surface area contributed by atoms with Crippen molar-refractivity contribution in [2.45, 2.75) is 17.9 Å². The van der Waals surface area contributed by atoms with E-state index in [4.69, 9.17) is 29.0 Å². The van der Waals surface area contributed by atoms with Crippen LogP contribution in [0.2, 0.25) is 10.0 Å². The molecule has 0 bridgehead atoms. The van der Waals surface area contributed by atoms with Gasteiger partial charge in [0.2, 0.25) is 11.1 Å². The Kier molecular flexibility index (Phi) is 5.83. The second-order valence-corrected chi connectivity index (χ2v) is 6.26. The first-order chi connectivity index (χ1) is 11.2. The van der Waals surface area contributed by atoms with Crippen molar-refractivity contribution in [1.29, 1.82) is 0 Å². The van der Waals surface area contributed by atoms with Gasteiger partial charge in [-0.1, -0.05) is 41.0 Å². The third-order valence-electron chi connectivity index (χ3n) is 2.74. The molecule has 0 aliphatic rings. The first-order valence-electron chi connectivity index (χ1n) is 6.29. The summed E-state index contributed by atoms with van der Waals surface area (Å²) in [5.41, 5.74) is 0.653. The monoisotopic (exact) mass is 399 g/mol. The highest BCUT2D eigenvalue weighted by Crippen LogP contribution is 2.28. The fraction of sp³-hybridized carbons (Fsp3) is 0.250. The van der Waals surface area contributed by atoms with Gasteiger partial charge in [-0.25, -0.2) is 4.68 Å². The molecule has 130 valence electrons. The van der Waals surface area contributed by atoms with Crippen LogP contribution in [-0.4, -0.2) is 26.5 Å². The van der Waals surface area contributed by atoms with Crippen LogP contribution >= 0.6 is 35.0 Å². The average molecular weight is 400 g/mol. The van der Waals surface area contributed by atoms with Gasteiger partial charge in [0.15, 0.2) is 0 Å². The molecular formula is C12H10Cl2F3N5OS. The van der Waals surface area contributed by atoms with E-state index in [0.717, 1.165) is 11.8 Å². The fourth-order valence-corrected chi connectivity index (χ4v) is 2.77. The van der Waals surface area contributed by atoms with Crippen LogP contribution in [0.15, 0.2) is 23.4 Å². The molecule has 0 atom stereocenters. The summed E-state index contributed by atoms with van der Waals surface area (Å²) in [6, 6.07) is 4.82. The van der Waals surface area contributed by atoms with Crippen molar-refractivity contribution in [3.63, 3.8) is 0 Å². The summed E-state index contributed by atoms with van der Waals surface area (Å²) in [5, 5.41) is 9.49. The van der Waals surface area contributed by atoms with Crippen molar-refractivity contribution in [3.05, 3.63) is 39.6 Å². The summed E-state index contributed by atoms with van der Waals surface area (Å²) < 4.78 is 37.9. The molecule has 1 heterocycles. The lowest BCUT2D eigenvalue weighted by molar-refractivity contribution is -0.146. The zero-order chi connectivity index (χ0) is 17.9. The van der Waals surface area contributed by atoms with Gasteiger partial charge in [0.05, 0.1) is 5.75 Å². The van der Waals surface area contributed by atoms with Crippen molar-refractivity contribution in [1.82, 2.24) is 20.2 Å². The summed E-state index contributed by atoms with van der Waals surface area (Å²) in [5.74, 6) is 3.32. The number of carbonyl (C=O) groups is 1. The number of hydrogen-bond donors (Lipinski definition) is 2. The highest BCUT2D eigenvalue weighted by Gasteiger charge is 2.38. The number of nitrogens with one attached hydrogen (secondary N) is 1. The Balaban J connectivity index is 1.89. The largest absolute Gasteiger partial charge is 0.453 e. The summed E-state index contributed by atoms with van der Waals surface area (Å²) >= 11 is 12.5. The second-order valence-electron chi connectivity index (χ2n) is 4.48. The first-order valence-corrected chi connectivity index (χ1v) is 8.03. The Morgan fingerprint density at radius 3 is 2.62 bits per heavy atom. The van der Waals surface area contributed by atoms with Gasteiger partial charge in [-0.15, -0.1) is 10.2 Å². The molecule has 3 N–H and O–H groups in total. The normalized spacial score (nSPS) is 11.5. The Hall–Kier alpha value is -1.65. The number of nitrogens with zero attached hydrogens (tertiary/aromatic N) is 3. The van der Waals surface area contributed by atoms with Gasteiger partial charge in [0.1, 0.15) is 0 Å². The van der Waals surface area contributed by atoms with Crippen LogP contribution in [-0.2, 0) is 17.5 Å². The van der Waals surface area contributed by atoms with Gasteiger partial charge in [-0.05, 0) is 17.7 Å². The molecule has 0 unspecified atom stereocenters. The predicted molar refractivity (Wildman–Crippen MR) is 84.2 cm³/mol. The van der Waals surface area contributed by atoms with Gasteiger partial charge < -0.3 is 11.2 Å². The van der Waals surface area contributed by atoms with Crippen molar-refractivity contribution in [2.75, 3.05) is 11.6 Å². The molecule has 0 spiro atoms. The maximum atomic E-state index is 12.5. The second kappa shape index (κ2) is 7.49. The smallest absolute Gasteiger partial charge is 0.351 e. The van der Waals surface area contributed by atoms with Gasteiger partial charge in [-0.2, -0.15) is 13.2 Å². The zero-order valence-corrected chi connectivity index (χ0v) is 14.1. The summed E-state index contributed by atoms with van der Waals surface area (Å²) in [6.07, 6.45) is -4.71. The summed E-state index contributed by atoms with van der Waals surface area (Å²) in [7, 11) is 0. The molecular weight excluding hydrogens is 390 g/mol. The number of benzene rings is 1. The van der Waals surface area contributed by atoms with Crippen LogP contribution in [0.5, 0.6) is 0 Å². The molecule has 0 aliphatic carbocycles. The SMILES string of the molecule is Nn1c(SCC(=O)NCc2ccc(Cl)cc2Cl)nnc1C(F)(F)F. The number of amides is 1. The van der Waals surface area contributed by atoms with Crippen LogP contribution in [0.25, 0.3) is 0 Å². The standard InChI is InChI=1S/C12H10Cl2F3N5OS/c13-7-2-1-6(8(14)3-7)4-19-9(23)5-24-11-21-20-10(22(11)18)12(15,16)17/h1-3H,4-5,18H2,(H,19,23). The van der Waals surface area contributed by atoms with E-state index in [1.165, 1.54) is 6.07 Å². The third-order valence-corrected chi connectivity index (χ3v) is 4.27. The molecule has 6 nitrogen and oxygen atoms in total. The molecule has 1 amide bonds. The highest BCUT2D eigenvalue weighted by atomic mass is 35.5. The Labute approximate surface area is 148 Å². The molecule has 1 aromatic heterocycles. The van der Waals surface area contributed by atoms with E-state index in [1.54, 1.807) is 12.1 Å². The van der Waals surface area contributed by atoms with E-state index in [0.29, 0.717) is 20.3 Å². The molecule has 0 saturated heterocycles. The van der Waals surface area contributed by atoms with Crippen molar-refractivity contribution in [2.24, 2.45) is 0 Å². The van der Waals surface area contributed by atoms with Crippen molar-refractivity contribution >= 4 is 40.9 Å². The maximum Gasteiger partial charge on any atom is 0.453 e. The Morgan fingerprint density at radius 2 is 2.04 bits per heavy atom. The summed E-state index contributed by atoms with van der Waals surface area (Å²) in [4.78, 5) is 11.8. The lowest BCUT2D eigenvalue weighted by Gasteiger charge is -2.08. The van der Waals surface area contributed by atoms with E-state index < -0.39 is 17.9 Å². The molecule has 1 aromatic carbocycles. The highest BCUT2D eigenvalue weighted by molar-refractivity contribution is 7.99. The van der Waals surface area contributed by atoms with E-state index in [9.17, 15) is 18.0 Å². The van der Waals surface area contributed by atoms with E-state index in [2.05, 4.69) is 15.5 Å². The van der Waals surface area contributed by atoms with Crippen LogP contribution < -0.4 is 11.2 Å². The molecule has 0 aliphatic heterocycles. The number of hydrogen-bond acceptors (Lipinski definition) is 5. The quantitative estimate of drug-likeness (QED) is 0.596. The number of nitrogens with two attached hydrogens (primary N) is 1. The molecule has 12 heteroatoms. The lowest BCUT2D eigenvalue weighted by Crippen LogP contribution is -2.25. The predicted octanol–water partition coefficient (Wildman–Crippen LogP) is 2.73. The van der Waals surface area contributed by atoms with Gasteiger partial charge in [0.25, 0.3) is 5.82 Å². The molecule has 24 heavy (non-hydrogen) atoms. The van der Waals surface area contributed by atoms with Crippen LogP contribution in [0.1, 0.15) is 11.4 Å². The number of carbonyl (C=O) groups excluding carboxylic acids is 1. The van der Waals surface area contributed by atoms with E-state index in [-0.39, 0.29) is 17.5 Å². The average Bonchev–Trinajstić information content (AvgIpc) is 2.85. The van der Waals surface area contributed by atoms with Crippen molar-refractivity contribution in [3.8, 4) is 0 Å². The number of thioether (sulfide) groups is 1. The minimum absolute atomic E-state index is 0.151. The van der Waals surface area contributed by atoms with E-state index >= 15 is 0 Å². The number of aromatic nitrogens is 3. The molecule has 0 saturated carbocycles. The third kappa shape index (κ3) is 4.68. The van der Waals surface area contributed by atoms with Gasteiger partial charge >= 0.3 is 6.18 Å². The number of halogens is 5. The summed E-state index contributed by atoms with van der Waals surface area (Å²) in [6.45, 7) is 0.151. The number of alkyl halides is 3. The molecule has 2 rings (SSSR count). The van der Waals surface area contributed by atoms with Gasteiger partial charge in [0, 0.05) is 16.6 Å². The van der Waals surface area contributed by atoms with Crippen LogP contribution in [0.3, 0.4) is 0 Å².